The molecule has 0 aromatic rings. The van der Waals surface area contributed by atoms with Crippen LogP contribution >= 0.6 is 0 Å². The van der Waals surface area contributed by atoms with E-state index in [-0.39, 0.29) is 54.7 Å². The van der Waals surface area contributed by atoms with Crippen molar-refractivity contribution in [3.63, 3.8) is 0 Å². The first-order valence-corrected chi connectivity index (χ1v) is 12.4. The quantitative estimate of drug-likeness (QED) is 0.542. The number of halogens is 2. The van der Waals surface area contributed by atoms with Gasteiger partial charge in [0.05, 0.1) is 0 Å². The summed E-state index contributed by atoms with van der Waals surface area (Å²) in [4.78, 5) is 0. The van der Waals surface area contributed by atoms with Crippen LogP contribution in [-0.2, 0) is 18.1 Å². The summed E-state index contributed by atoms with van der Waals surface area (Å²) in [6.07, 6.45) is -0.135. The molecule has 115 valence electrons. The van der Waals surface area contributed by atoms with Gasteiger partial charge in [-0.05, 0) is 0 Å². The number of hydrogen-bond acceptors (Lipinski definition) is 1. The predicted octanol–water partition coefficient (Wildman–Crippen LogP) is -1.40. The molecule has 1 atom stereocenters. The maximum atomic E-state index is 2.79. The van der Waals surface area contributed by atoms with Crippen molar-refractivity contribution in [3.8, 4) is 0 Å². The average molecular weight is 369 g/mol. The van der Waals surface area contributed by atoms with Crippen LogP contribution in [0.25, 0.3) is 0 Å². The van der Waals surface area contributed by atoms with E-state index in [9.17, 15) is 0 Å². The van der Waals surface area contributed by atoms with Gasteiger partial charge in [-0.15, -0.1) is 0 Å². The topological polar surface area (TPSA) is 3.24 Å². The molecule has 0 aromatic heterocycles. The Labute approximate surface area is 147 Å². The molecule has 20 heavy (non-hydrogen) atoms. The van der Waals surface area contributed by atoms with E-state index < -0.39 is 0 Å². The van der Waals surface area contributed by atoms with Crippen LogP contribution < -0.4 is 24.8 Å². The summed E-state index contributed by atoms with van der Waals surface area (Å²) in [7, 11) is 0. The van der Waals surface area contributed by atoms with Crippen LogP contribution in [0.2, 0.25) is 13.1 Å². The van der Waals surface area contributed by atoms with Crippen LogP contribution in [0.5, 0.6) is 0 Å². The van der Waals surface area contributed by atoms with Crippen molar-refractivity contribution in [2.75, 3.05) is 0 Å². The third-order valence-electron chi connectivity index (χ3n) is 3.85. The van der Waals surface area contributed by atoms with E-state index in [0.29, 0.717) is 5.92 Å². The first-order chi connectivity index (χ1) is 8.07. The Balaban J connectivity index is 0. The molecule has 0 spiro atoms. The molecule has 0 saturated heterocycles. The Hall–Kier alpha value is 0.791. The van der Waals surface area contributed by atoms with E-state index >= 15 is 0 Å². The molecule has 0 bridgehead atoms. The van der Waals surface area contributed by atoms with Gasteiger partial charge in [0, 0.05) is 0 Å². The number of nitrogens with zero attached hydrogens (tertiary/aromatic N) is 1. The van der Waals surface area contributed by atoms with Crippen molar-refractivity contribution >= 4 is 6.19 Å². The van der Waals surface area contributed by atoms with E-state index in [1.54, 1.807) is 16.8 Å². The zero-order chi connectivity index (χ0) is 14.2. The monoisotopic (exact) mass is 368 g/mol. The molecule has 5 heteroatoms. The van der Waals surface area contributed by atoms with E-state index in [2.05, 4.69) is 64.9 Å². The summed E-state index contributed by atoms with van der Waals surface area (Å²) < 4.78 is 2.79. The van der Waals surface area contributed by atoms with Gasteiger partial charge in [0.15, 0.2) is 0 Å². The standard InChI is InChI=1S/C13H22N.C2H6Si.2ClH.Ti/c1-8-9(2)11(4)12(10(8)3)14-13(5,6)7;1-3-2;;;/h10H,1-7H3;1-2H3;2*1H;/q-1;;;;+3/p-2. The largest absolute Gasteiger partial charge is 1.00 e. The van der Waals surface area contributed by atoms with Crippen LogP contribution in [0.3, 0.4) is 0 Å². The van der Waals surface area contributed by atoms with Crippen molar-refractivity contribution in [3.05, 3.63) is 22.4 Å². The Kier molecular flexibility index (Phi) is 9.72. The maximum Gasteiger partial charge on any atom is -1.00 e. The first-order valence-electron chi connectivity index (χ1n) is 6.83. The first kappa shape index (κ1) is 23.1. The summed E-state index contributed by atoms with van der Waals surface area (Å²) in [5.74, 6) is 0.620. The van der Waals surface area contributed by atoms with Crippen LogP contribution in [0.4, 0.5) is 0 Å². The molecule has 0 amide bonds. The van der Waals surface area contributed by atoms with Crippen LogP contribution in [0, 0.1) is 5.92 Å². The van der Waals surface area contributed by atoms with Crippen LogP contribution in [0.1, 0.15) is 48.5 Å². The van der Waals surface area contributed by atoms with Crippen molar-refractivity contribution in [1.82, 2.24) is 3.38 Å². The minimum atomic E-state index is -0.135. The predicted molar refractivity (Wildman–Crippen MR) is 79.3 cm³/mol. The summed E-state index contributed by atoms with van der Waals surface area (Å²) >= 11 is 0.00556. The molecular weight excluding hydrogens is 341 g/mol. The fourth-order valence-corrected chi connectivity index (χ4v) is 8.21. The fourth-order valence-electron chi connectivity index (χ4n) is 2.52. The molecule has 0 aliphatic heterocycles. The Morgan fingerprint density at radius 1 is 1.00 bits per heavy atom. The molecule has 0 heterocycles. The third kappa shape index (κ3) is 4.91. The maximum absolute atomic E-state index is 2.79. The molecule has 0 saturated carbocycles. The SMILES string of the molecule is CC1=C(C)C(C)C([N]([Ti+2]=[Si](C)C)C(C)(C)C)=C1C.[Cl-].[Cl-]. The Bertz CT molecular complexity index is 443. The molecule has 0 aromatic carbocycles. The summed E-state index contributed by atoms with van der Waals surface area (Å²) in [6.45, 7) is 21.3. The number of allylic oxidation sites excluding steroid dienone is 3. The Morgan fingerprint density at radius 3 is 1.70 bits per heavy atom. The van der Waals surface area contributed by atoms with Gasteiger partial charge in [-0.25, -0.2) is 0 Å². The number of rotatable bonds is 2. The summed E-state index contributed by atoms with van der Waals surface area (Å²) in [5.41, 5.74) is 6.55. The molecule has 0 radical (unpaired) electrons. The minimum absolute atomic E-state index is 0. The average Bonchev–Trinajstić information content (AvgIpc) is 2.39. The van der Waals surface area contributed by atoms with Crippen molar-refractivity contribution in [2.45, 2.75) is 67.1 Å². The Morgan fingerprint density at radius 2 is 1.45 bits per heavy atom. The second kappa shape index (κ2) is 8.43. The van der Waals surface area contributed by atoms with Gasteiger partial charge in [0.1, 0.15) is 0 Å². The summed E-state index contributed by atoms with van der Waals surface area (Å²) in [6, 6.07) is 0. The van der Waals surface area contributed by atoms with Gasteiger partial charge < -0.3 is 24.8 Å². The molecule has 1 nitrogen and oxygen atoms in total. The number of hydrogen-bond donors (Lipinski definition) is 0. The third-order valence-corrected chi connectivity index (χ3v) is 9.08. The van der Waals surface area contributed by atoms with Gasteiger partial charge >= 0.3 is 123 Å². The molecule has 1 rings (SSSR count). The van der Waals surface area contributed by atoms with Gasteiger partial charge in [-0.3, -0.25) is 0 Å². The summed E-state index contributed by atoms with van der Waals surface area (Å²) in [5, 5.41) is 0. The molecule has 1 aliphatic carbocycles. The zero-order valence-corrected chi connectivity index (χ0v) is 18.4. The fraction of sp³-hybridized carbons (Fsp3) is 0.733. The second-order valence-corrected chi connectivity index (χ2v) is 15.3. The van der Waals surface area contributed by atoms with E-state index in [1.807, 2.05) is 0 Å². The van der Waals surface area contributed by atoms with Gasteiger partial charge in [-0.1, -0.05) is 0 Å². The molecule has 1 aliphatic rings. The molecule has 1 unspecified atom stereocenters. The van der Waals surface area contributed by atoms with E-state index in [4.69, 9.17) is 0 Å². The van der Waals surface area contributed by atoms with E-state index in [0.717, 1.165) is 0 Å². The second-order valence-electron chi connectivity index (χ2n) is 6.66. The van der Waals surface area contributed by atoms with Crippen molar-refractivity contribution < 1.29 is 43.0 Å². The smallest absolute Gasteiger partial charge is 1.00 e. The zero-order valence-electron chi connectivity index (χ0n) is 14.3. The van der Waals surface area contributed by atoms with E-state index in [1.165, 1.54) is 5.57 Å². The van der Waals surface area contributed by atoms with Gasteiger partial charge in [0.2, 0.25) is 0 Å². The van der Waals surface area contributed by atoms with Crippen LogP contribution in [-0.4, -0.2) is 15.1 Å². The molecule has 0 N–H and O–H groups in total. The normalized spacial score (nSPS) is 18.4. The van der Waals surface area contributed by atoms with Crippen LogP contribution in [0.15, 0.2) is 22.4 Å². The molecule has 0 fully saturated rings. The van der Waals surface area contributed by atoms with Crippen molar-refractivity contribution in [2.24, 2.45) is 5.92 Å². The van der Waals surface area contributed by atoms with Gasteiger partial charge in [-0.2, -0.15) is 0 Å². The van der Waals surface area contributed by atoms with Gasteiger partial charge in [0.25, 0.3) is 0 Å². The van der Waals surface area contributed by atoms with Crippen molar-refractivity contribution in [1.29, 1.82) is 0 Å². The molecular formula is C15H28Cl2NSiTi. The minimum Gasteiger partial charge on any atom is -1.00 e.